The number of aromatic nitrogens is 9. The van der Waals surface area contributed by atoms with E-state index in [0.717, 1.165) is 101 Å². The molecule has 0 saturated heterocycles. The monoisotopic (exact) mass is 2310 g/mol. The van der Waals surface area contributed by atoms with Crippen LogP contribution in [-0.4, -0.2) is 44.9 Å². The SMILES string of the molecule is Cc1ccc(-c2[c-]cc(-c3ccccc3)cc2)nc1.Cc1cccc(-c2[c-]cccc2)n1.Cc1cccc(-c2[c-]cccc2)n1.Cc1cccc(-c2[c-]cccc2)n1.Cc1ccnc(-c2[c-]cc(-c3ccccc3)cc2)c1.[2H]C([2H])([2H])c1cccc(-c2[c-]cccc2)n1.[2H]C([2H])([2H])c1cccc(-c2[c-]cccc2)n1.[2H]C([2H])([2H])c1cccc(-c2[c-]cccc2)n1.[Ir+3].[Ir+3].[Ir+3].[c-]1cc(-c2ccccc2)ccc1-c1ccccn1. The summed E-state index contributed by atoms with van der Waals surface area (Å²) in [5.74, 6) is 0. The van der Waals surface area contributed by atoms with Gasteiger partial charge in [-0.05, 0) is 161 Å². The minimum Gasteiger partial charge on any atom is -0.305 e. The van der Waals surface area contributed by atoms with Crippen molar-refractivity contribution in [2.24, 2.45) is 0 Å². The van der Waals surface area contributed by atoms with Gasteiger partial charge in [0.15, 0.2) is 0 Å². The van der Waals surface area contributed by atoms with E-state index in [2.05, 4.69) is 191 Å². The number of hydrogen-bond acceptors (Lipinski definition) is 9. The fourth-order valence-electron chi connectivity index (χ4n) is 13.2. The molecule has 21 aromatic rings. The molecule has 9 heterocycles. The number of hydrogen-bond donors (Lipinski definition) is 0. The molecule has 12 heteroatoms. The fraction of sp³-hybridized carbons (Fsp3) is 0.0640. The molecule has 0 saturated carbocycles. The van der Waals surface area contributed by atoms with Crippen molar-refractivity contribution in [3.05, 3.63) is 561 Å². The van der Waals surface area contributed by atoms with Gasteiger partial charge in [-0.25, -0.2) is 0 Å². The predicted molar refractivity (Wildman–Crippen MR) is 551 cm³/mol. The third-order valence-corrected chi connectivity index (χ3v) is 19.9. The van der Waals surface area contributed by atoms with Gasteiger partial charge < -0.3 is 44.9 Å². The van der Waals surface area contributed by atoms with E-state index >= 15 is 0 Å². The van der Waals surface area contributed by atoms with Crippen molar-refractivity contribution in [2.75, 3.05) is 0 Å². The summed E-state index contributed by atoms with van der Waals surface area (Å²) < 4.78 is 65.6. The normalized spacial score (nSPS) is 11.1. The molecule has 0 bridgehead atoms. The summed E-state index contributed by atoms with van der Waals surface area (Å²) in [6.07, 6.45) is 5.52. The minimum absolute atomic E-state index is 0. The zero-order valence-electron chi connectivity index (χ0n) is 84.9. The molecule has 0 N–H and O–H groups in total. The molecule has 0 amide bonds. The molecule has 0 unspecified atom stereocenters. The van der Waals surface area contributed by atoms with E-state index in [-0.39, 0.29) is 77.4 Å². The molecule has 0 aliphatic heterocycles. The van der Waals surface area contributed by atoms with Crippen molar-refractivity contribution in [3.8, 4) is 135 Å². The molecule has 0 aliphatic carbocycles. The van der Waals surface area contributed by atoms with Crippen molar-refractivity contribution < 1.29 is 72.7 Å². The second-order valence-corrected chi connectivity index (χ2v) is 30.1. The van der Waals surface area contributed by atoms with Crippen molar-refractivity contribution in [2.45, 2.75) is 55.2 Å². The third kappa shape index (κ3) is 34.4. The van der Waals surface area contributed by atoms with Crippen molar-refractivity contribution in [1.82, 2.24) is 44.9 Å². The summed E-state index contributed by atoms with van der Waals surface area (Å²) >= 11 is 0. The quantitative estimate of drug-likeness (QED) is 0.110. The Labute approximate surface area is 862 Å². The molecular weight excluding hydrogens is 2200 g/mol. The molecule has 0 fully saturated rings. The molecule has 21 rings (SSSR count). The van der Waals surface area contributed by atoms with Gasteiger partial charge in [0.05, 0.1) is 0 Å². The summed E-state index contributed by atoms with van der Waals surface area (Å²) in [5, 5.41) is 0. The maximum absolute atomic E-state index is 7.29. The van der Waals surface area contributed by atoms with E-state index in [9.17, 15) is 0 Å². The van der Waals surface area contributed by atoms with E-state index in [0.29, 0.717) is 17.1 Å². The average molecular weight is 2310 g/mol. The molecule has 0 radical (unpaired) electrons. The first kappa shape index (κ1) is 91.1. The molecular formula is C125H100Ir3N9. The number of aryl methyl sites for hydroxylation is 8. The van der Waals surface area contributed by atoms with E-state index in [4.69, 9.17) is 12.3 Å². The van der Waals surface area contributed by atoms with Crippen LogP contribution in [0.4, 0.5) is 0 Å². The van der Waals surface area contributed by atoms with Gasteiger partial charge in [0.25, 0.3) is 0 Å². The summed E-state index contributed by atoms with van der Waals surface area (Å²) in [6.45, 7) is 3.61. The molecule has 9 aromatic heterocycles. The van der Waals surface area contributed by atoms with Crippen molar-refractivity contribution in [3.63, 3.8) is 0 Å². The standard InChI is InChI=1S/2C18H14N.C17H12N.6C12H10N.3Ir/c1-14-7-12-18(19-13-14)17-10-8-16(9-11-17)15-5-3-2-4-6-15;1-14-11-12-19-18(13-14)17-9-7-16(8-10-17)15-5-3-2-4-6-15;1-2-6-14(7-3-1)15-9-11-16(12-10-15)17-8-4-5-13-18-17;6*1-10-6-5-9-12(13-10)11-7-3-2-4-8-11;;;/h2-10,12-13H,1H3;2-9,11-13H,1H3;1-11,13H;6*2-7,9H,1H3;;;/q9*-1;3*+3/i;;;3*1D3;;;;;;. The molecule has 672 valence electrons. The van der Waals surface area contributed by atoms with Crippen molar-refractivity contribution in [1.29, 1.82) is 0 Å². The van der Waals surface area contributed by atoms with Crippen LogP contribution in [0.5, 0.6) is 0 Å². The zero-order valence-corrected chi connectivity index (χ0v) is 83.1. The maximum atomic E-state index is 7.29. The first-order valence-corrected chi connectivity index (χ1v) is 43.4. The van der Waals surface area contributed by atoms with Crippen LogP contribution in [0, 0.1) is 110 Å². The number of nitrogens with zero attached hydrogens (tertiary/aromatic N) is 9. The van der Waals surface area contributed by atoms with Gasteiger partial charge in [0.2, 0.25) is 0 Å². The Balaban J connectivity index is 0.000000168. The molecule has 0 spiro atoms. The van der Waals surface area contributed by atoms with Gasteiger partial charge in [0.1, 0.15) is 0 Å². The fourth-order valence-corrected chi connectivity index (χ4v) is 13.2. The molecule has 0 aliphatic rings. The molecule has 12 aromatic carbocycles. The van der Waals surface area contributed by atoms with Gasteiger partial charge in [0, 0.05) is 65.1 Å². The van der Waals surface area contributed by atoms with Crippen LogP contribution >= 0.6 is 0 Å². The first-order valence-electron chi connectivity index (χ1n) is 47.9. The van der Waals surface area contributed by atoms with Crippen molar-refractivity contribution >= 4 is 0 Å². The van der Waals surface area contributed by atoms with Crippen LogP contribution in [0.3, 0.4) is 0 Å². The second-order valence-electron chi connectivity index (χ2n) is 30.1. The van der Waals surface area contributed by atoms with Gasteiger partial charge in [-0.2, -0.15) is 0 Å². The number of benzene rings is 12. The van der Waals surface area contributed by atoms with E-state index in [1.54, 1.807) is 60.8 Å². The zero-order chi connectivity index (χ0) is 100. The van der Waals surface area contributed by atoms with Crippen LogP contribution in [-0.2, 0) is 60.3 Å². The first-order chi connectivity index (χ1) is 69.4. The van der Waals surface area contributed by atoms with Crippen LogP contribution in [0.1, 0.15) is 57.6 Å². The predicted octanol–water partition coefficient (Wildman–Crippen LogP) is 30.4. The maximum Gasteiger partial charge on any atom is 3.00 e. The van der Waals surface area contributed by atoms with E-state index in [1.165, 1.54) is 62.7 Å². The summed E-state index contributed by atoms with van der Waals surface area (Å²) in [6, 6.07) is 171. The van der Waals surface area contributed by atoms with Crippen LogP contribution in [0.2, 0.25) is 0 Å². The Hall–Kier alpha value is -15.1. The molecule has 0 atom stereocenters. The minimum atomic E-state index is -2.16. The topological polar surface area (TPSA) is 116 Å². The van der Waals surface area contributed by atoms with Crippen LogP contribution in [0.25, 0.3) is 135 Å². The number of rotatable bonds is 12. The largest absolute Gasteiger partial charge is 3.00 e. The van der Waals surface area contributed by atoms with Crippen LogP contribution < -0.4 is 0 Å². The Kier molecular flexibility index (Phi) is 37.8. The second kappa shape index (κ2) is 56.8. The Bertz CT molecular complexity index is 6910. The molecule has 9 nitrogen and oxygen atoms in total. The summed E-state index contributed by atoms with van der Waals surface area (Å²) in [5.41, 5.74) is 29.4. The Morgan fingerprint density at radius 1 is 0.182 bits per heavy atom. The van der Waals surface area contributed by atoms with Gasteiger partial charge >= 0.3 is 60.3 Å². The van der Waals surface area contributed by atoms with Gasteiger partial charge in [-0.3, -0.25) is 0 Å². The van der Waals surface area contributed by atoms with Gasteiger partial charge in [-0.15, -0.1) is 305 Å². The summed E-state index contributed by atoms with van der Waals surface area (Å²) in [7, 11) is 0. The third-order valence-electron chi connectivity index (χ3n) is 19.9. The van der Waals surface area contributed by atoms with E-state index < -0.39 is 20.6 Å². The average Bonchev–Trinajstić information content (AvgIpc) is 0.831. The summed E-state index contributed by atoms with van der Waals surface area (Å²) in [4.78, 5) is 38.7. The van der Waals surface area contributed by atoms with E-state index in [1.807, 2.05) is 325 Å². The Morgan fingerprint density at radius 2 is 0.445 bits per heavy atom. The van der Waals surface area contributed by atoms with Crippen LogP contribution in [0.15, 0.2) is 461 Å². The van der Waals surface area contributed by atoms with Gasteiger partial charge in [-0.1, -0.05) is 233 Å². The smallest absolute Gasteiger partial charge is 0.305 e. The Morgan fingerprint density at radius 3 is 0.693 bits per heavy atom. The molecule has 137 heavy (non-hydrogen) atoms. The number of pyridine rings is 9.